The first-order chi connectivity index (χ1) is 14.6. The van der Waals surface area contributed by atoms with Crippen molar-refractivity contribution < 1.29 is 19.1 Å². The Morgan fingerprint density at radius 2 is 1.62 bits per heavy atom. The molecule has 0 radical (unpaired) electrons. The minimum Gasteiger partial charge on any atom is -0.444 e. The van der Waals surface area contributed by atoms with Gasteiger partial charge in [-0.25, -0.2) is 4.79 Å². The van der Waals surface area contributed by atoms with Crippen LogP contribution < -0.4 is 10.6 Å². The molecule has 2 atom stereocenters. The second-order valence-electron chi connectivity index (χ2n) is 10.2. The number of benzene rings is 1. The van der Waals surface area contributed by atoms with E-state index in [0.717, 1.165) is 4.90 Å². The smallest absolute Gasteiger partial charge is 0.408 e. The van der Waals surface area contributed by atoms with Crippen molar-refractivity contribution >= 4 is 17.9 Å². The molecule has 0 bridgehead atoms. The lowest BCUT2D eigenvalue weighted by atomic mass is 9.99. The molecule has 0 heterocycles. The van der Waals surface area contributed by atoms with E-state index >= 15 is 0 Å². The fraction of sp³-hybridized carbons (Fsp3) is 0.560. The van der Waals surface area contributed by atoms with E-state index in [0.29, 0.717) is 12.0 Å². The van der Waals surface area contributed by atoms with Gasteiger partial charge in [0.25, 0.3) is 5.91 Å². The number of carbonyl (C=O) groups is 3. The Morgan fingerprint density at radius 3 is 2.06 bits per heavy atom. The Morgan fingerprint density at radius 1 is 1.06 bits per heavy atom. The molecule has 32 heavy (non-hydrogen) atoms. The van der Waals surface area contributed by atoms with Gasteiger partial charge in [0.2, 0.25) is 5.91 Å². The lowest BCUT2D eigenvalue weighted by Crippen LogP contribution is -2.53. The molecule has 176 valence electrons. The number of hydrogen-bond donors (Lipinski definition) is 2. The summed E-state index contributed by atoms with van der Waals surface area (Å²) >= 11 is 0. The first-order valence-electron chi connectivity index (χ1n) is 10.8. The van der Waals surface area contributed by atoms with Gasteiger partial charge in [-0.1, -0.05) is 50.6 Å². The van der Waals surface area contributed by atoms with Gasteiger partial charge in [0.05, 0.1) is 0 Å². The molecular formula is C25H37N3O4. The first-order valence-corrected chi connectivity index (χ1v) is 10.8. The second-order valence-corrected chi connectivity index (χ2v) is 10.2. The van der Waals surface area contributed by atoms with Crippen LogP contribution in [0.15, 0.2) is 30.3 Å². The molecular weight excluding hydrogens is 406 g/mol. The molecule has 1 aromatic carbocycles. The molecule has 0 aliphatic carbocycles. The lowest BCUT2D eigenvalue weighted by molar-refractivity contribution is -0.139. The van der Waals surface area contributed by atoms with Crippen molar-refractivity contribution in [3.63, 3.8) is 0 Å². The molecule has 7 nitrogen and oxygen atoms in total. The van der Waals surface area contributed by atoms with Gasteiger partial charge >= 0.3 is 6.09 Å². The van der Waals surface area contributed by atoms with Crippen LogP contribution in [0, 0.1) is 18.4 Å². The van der Waals surface area contributed by atoms with E-state index in [4.69, 9.17) is 11.2 Å². The molecule has 0 spiro atoms. The normalized spacial score (nSPS) is 13.5. The van der Waals surface area contributed by atoms with Gasteiger partial charge in [-0.15, -0.1) is 0 Å². The molecule has 3 amide bonds. The number of nitrogens with one attached hydrogen (secondary N) is 2. The van der Waals surface area contributed by atoms with Crippen molar-refractivity contribution in [2.75, 3.05) is 0 Å². The number of carbonyl (C=O) groups excluding carboxylic acids is 3. The summed E-state index contributed by atoms with van der Waals surface area (Å²) in [5.41, 5.74) is -0.680. The monoisotopic (exact) mass is 443 g/mol. The lowest BCUT2D eigenvalue weighted by Gasteiger charge is -2.32. The number of rotatable bonds is 7. The standard InChI is InChI=1S/C25H37N3O4/c1-10-28(20(18-14-12-11-13-15-18)21(29)27-24(4,5)6)22(30)19(16-17(2)3)26-23(31)32-25(7,8)9/h1,11-15,17,19-20H,16H2,2-9H3,(H,26,31)(H,27,29). The molecule has 0 aromatic heterocycles. The zero-order valence-corrected chi connectivity index (χ0v) is 20.5. The van der Waals surface area contributed by atoms with Crippen molar-refractivity contribution in [3.05, 3.63) is 35.9 Å². The molecule has 0 aliphatic rings. The minimum absolute atomic E-state index is 0.0806. The molecule has 0 saturated heterocycles. The molecule has 1 rings (SSSR count). The van der Waals surface area contributed by atoms with Crippen LogP contribution >= 0.6 is 0 Å². The number of amides is 3. The number of ether oxygens (including phenoxy) is 1. The van der Waals surface area contributed by atoms with E-state index in [9.17, 15) is 14.4 Å². The van der Waals surface area contributed by atoms with Crippen LogP contribution in [-0.4, -0.2) is 40.0 Å². The Balaban J connectivity index is 3.33. The van der Waals surface area contributed by atoms with Crippen molar-refractivity contribution in [2.24, 2.45) is 5.92 Å². The second kappa shape index (κ2) is 11.0. The van der Waals surface area contributed by atoms with Crippen molar-refractivity contribution in [3.8, 4) is 12.5 Å². The highest BCUT2D eigenvalue weighted by Gasteiger charge is 2.37. The minimum atomic E-state index is -1.05. The van der Waals surface area contributed by atoms with Crippen molar-refractivity contribution in [1.29, 1.82) is 0 Å². The summed E-state index contributed by atoms with van der Waals surface area (Å²) in [6.45, 7) is 14.6. The highest BCUT2D eigenvalue weighted by atomic mass is 16.6. The maximum absolute atomic E-state index is 13.5. The van der Waals surface area contributed by atoms with E-state index in [1.54, 1.807) is 45.0 Å². The number of hydrogen-bond acceptors (Lipinski definition) is 4. The summed E-state index contributed by atoms with van der Waals surface area (Å²) in [5.74, 6) is -0.877. The van der Waals surface area contributed by atoms with Gasteiger partial charge in [-0.05, 0) is 59.4 Å². The van der Waals surface area contributed by atoms with E-state index in [1.165, 1.54) is 0 Å². The molecule has 0 fully saturated rings. The first kappa shape index (κ1) is 27.0. The van der Waals surface area contributed by atoms with E-state index in [2.05, 4.69) is 16.7 Å². The third kappa shape index (κ3) is 9.01. The SMILES string of the molecule is C#CN(C(=O)C(CC(C)C)NC(=O)OC(C)(C)C)C(C(=O)NC(C)(C)C)c1ccccc1. The van der Waals surface area contributed by atoms with Gasteiger partial charge < -0.3 is 15.4 Å². The van der Waals surface area contributed by atoms with E-state index < -0.39 is 41.1 Å². The third-order valence-electron chi connectivity index (χ3n) is 4.19. The zero-order chi connectivity index (χ0) is 24.7. The summed E-state index contributed by atoms with van der Waals surface area (Å²) in [5, 5.41) is 5.53. The molecule has 2 N–H and O–H groups in total. The maximum Gasteiger partial charge on any atom is 0.408 e. The zero-order valence-electron chi connectivity index (χ0n) is 20.5. The van der Waals surface area contributed by atoms with Crippen molar-refractivity contribution in [2.45, 2.75) is 85.0 Å². The Bertz CT molecular complexity index is 829. The fourth-order valence-electron chi connectivity index (χ4n) is 3.07. The summed E-state index contributed by atoms with van der Waals surface area (Å²) in [6.07, 6.45) is 5.36. The highest BCUT2D eigenvalue weighted by molar-refractivity contribution is 5.93. The summed E-state index contributed by atoms with van der Waals surface area (Å²) in [6, 6.07) is 9.21. The van der Waals surface area contributed by atoms with Crippen LogP contribution in [0.3, 0.4) is 0 Å². The van der Waals surface area contributed by atoms with Crippen LogP contribution in [0.2, 0.25) is 0 Å². The fourth-order valence-corrected chi connectivity index (χ4v) is 3.07. The van der Waals surface area contributed by atoms with E-state index in [-0.39, 0.29) is 5.92 Å². The third-order valence-corrected chi connectivity index (χ3v) is 4.19. The predicted molar refractivity (Wildman–Crippen MR) is 125 cm³/mol. The Hall–Kier alpha value is -3.01. The van der Waals surface area contributed by atoms with Crippen LogP contribution in [-0.2, 0) is 14.3 Å². The van der Waals surface area contributed by atoms with Crippen LogP contribution in [0.5, 0.6) is 0 Å². The van der Waals surface area contributed by atoms with Gasteiger partial charge in [-0.3, -0.25) is 14.5 Å². The van der Waals surface area contributed by atoms with Crippen LogP contribution in [0.4, 0.5) is 4.79 Å². The Labute approximate surface area is 192 Å². The number of alkyl carbamates (subject to hydrolysis) is 1. The maximum atomic E-state index is 13.5. The van der Waals surface area contributed by atoms with Crippen LogP contribution in [0.25, 0.3) is 0 Å². The molecule has 0 aliphatic heterocycles. The molecule has 1 aromatic rings. The van der Waals surface area contributed by atoms with Gasteiger partial charge in [0.15, 0.2) is 0 Å². The molecule has 0 saturated carbocycles. The average Bonchev–Trinajstić information content (AvgIpc) is 2.62. The Kier molecular flexibility index (Phi) is 9.32. The quantitative estimate of drug-likeness (QED) is 0.492. The van der Waals surface area contributed by atoms with Gasteiger partial charge in [0.1, 0.15) is 17.7 Å². The topological polar surface area (TPSA) is 87.7 Å². The summed E-state index contributed by atoms with van der Waals surface area (Å²) < 4.78 is 5.32. The van der Waals surface area contributed by atoms with Crippen LogP contribution in [0.1, 0.15) is 73.4 Å². The van der Waals surface area contributed by atoms with Gasteiger partial charge in [0, 0.05) is 11.6 Å². The number of terminal acetylenes is 1. The summed E-state index contributed by atoms with van der Waals surface area (Å²) in [4.78, 5) is 40.2. The highest BCUT2D eigenvalue weighted by Crippen LogP contribution is 2.24. The van der Waals surface area contributed by atoms with E-state index in [1.807, 2.05) is 40.7 Å². The van der Waals surface area contributed by atoms with Crippen molar-refractivity contribution in [1.82, 2.24) is 15.5 Å². The number of nitrogens with zero attached hydrogens (tertiary/aromatic N) is 1. The average molecular weight is 444 g/mol. The largest absolute Gasteiger partial charge is 0.444 e. The molecule has 7 heteroatoms. The predicted octanol–water partition coefficient (Wildman–Crippen LogP) is 4.00. The molecule has 2 unspecified atom stereocenters. The van der Waals surface area contributed by atoms with Gasteiger partial charge in [-0.2, -0.15) is 0 Å². The summed E-state index contributed by atoms with van der Waals surface area (Å²) in [7, 11) is 0.